The number of phenolic OH excluding ortho intramolecular Hbond substituents is 1. The second kappa shape index (κ2) is 17.6. The van der Waals surface area contributed by atoms with Crippen molar-refractivity contribution >= 4 is 29.7 Å². The Hall–Kier alpha value is -5.20. The summed E-state index contributed by atoms with van der Waals surface area (Å²) >= 11 is 0. The van der Waals surface area contributed by atoms with E-state index in [9.17, 15) is 29.4 Å². The third kappa shape index (κ3) is 11.0. The Morgan fingerprint density at radius 2 is 1.42 bits per heavy atom. The molecule has 0 radical (unpaired) electrons. The van der Waals surface area contributed by atoms with Crippen LogP contribution in [0.25, 0.3) is 6.08 Å². The molecule has 0 aliphatic carbocycles. The fourth-order valence-electron chi connectivity index (χ4n) is 5.28. The first kappa shape index (κ1) is 35.7. The maximum absolute atomic E-state index is 13.7. The van der Waals surface area contributed by atoms with Crippen LogP contribution in [0.2, 0.25) is 0 Å². The molecule has 0 aromatic heterocycles. The number of benzene rings is 3. The first-order valence-electron chi connectivity index (χ1n) is 16.0. The van der Waals surface area contributed by atoms with E-state index < -0.39 is 48.5 Å². The minimum Gasteiger partial charge on any atom is -0.508 e. The van der Waals surface area contributed by atoms with Crippen LogP contribution in [0.15, 0.2) is 91.1 Å². The molecule has 7 N–H and O–H groups in total. The number of phenols is 1. The van der Waals surface area contributed by atoms with Gasteiger partial charge < -0.3 is 41.7 Å². The van der Waals surface area contributed by atoms with Gasteiger partial charge >= 0.3 is 0 Å². The van der Waals surface area contributed by atoms with E-state index in [2.05, 4.69) is 20.9 Å². The predicted octanol–water partition coefficient (Wildman–Crippen LogP) is 0.786. The van der Waals surface area contributed by atoms with Crippen LogP contribution in [0.4, 0.5) is 0 Å². The number of aromatic hydroxyl groups is 1. The van der Waals surface area contributed by atoms with E-state index in [0.717, 1.165) is 11.1 Å². The van der Waals surface area contributed by atoms with Crippen molar-refractivity contribution in [2.75, 3.05) is 32.7 Å². The molecule has 0 unspecified atom stereocenters. The van der Waals surface area contributed by atoms with Gasteiger partial charge in [-0.15, -0.1) is 0 Å². The largest absolute Gasteiger partial charge is 0.508 e. The van der Waals surface area contributed by atoms with E-state index in [1.165, 1.54) is 19.1 Å². The zero-order chi connectivity index (χ0) is 34.5. The van der Waals surface area contributed by atoms with E-state index in [-0.39, 0.29) is 24.5 Å². The van der Waals surface area contributed by atoms with E-state index in [1.54, 1.807) is 17.0 Å². The predicted molar refractivity (Wildman–Crippen MR) is 182 cm³/mol. The van der Waals surface area contributed by atoms with Gasteiger partial charge in [-0.05, 0) is 54.4 Å². The summed E-state index contributed by atoms with van der Waals surface area (Å²) in [7, 11) is 0. The second-order valence-corrected chi connectivity index (χ2v) is 11.8. The average Bonchev–Trinajstić information content (AvgIpc) is 3.10. The molecule has 0 spiro atoms. The third-order valence-electron chi connectivity index (χ3n) is 8.03. The lowest BCUT2D eigenvalue weighted by Crippen LogP contribution is -2.58. The molecular formula is C36H44N6O6. The van der Waals surface area contributed by atoms with E-state index in [1.807, 2.05) is 72.9 Å². The molecule has 48 heavy (non-hydrogen) atoms. The highest BCUT2D eigenvalue weighted by Gasteiger charge is 2.30. The Kier molecular flexibility index (Phi) is 13.1. The summed E-state index contributed by atoms with van der Waals surface area (Å²) in [5, 5.41) is 27.4. The van der Waals surface area contributed by atoms with Crippen LogP contribution < -0.4 is 21.7 Å². The summed E-state index contributed by atoms with van der Waals surface area (Å²) in [6, 6.07) is 22.2. The Labute approximate surface area is 280 Å². The molecule has 12 heteroatoms. The number of nitrogens with one attached hydrogen (secondary N) is 3. The fraction of sp³-hybridized carbons (Fsp3) is 0.333. The highest BCUT2D eigenvalue weighted by atomic mass is 16.3. The van der Waals surface area contributed by atoms with Crippen molar-refractivity contribution in [3.05, 3.63) is 108 Å². The third-order valence-corrected chi connectivity index (χ3v) is 8.03. The number of nitrogens with two attached hydrogens (primary N) is 1. The molecule has 3 aromatic rings. The zero-order valence-electron chi connectivity index (χ0n) is 27.0. The Balaban J connectivity index is 1.31. The van der Waals surface area contributed by atoms with Gasteiger partial charge in [-0.1, -0.05) is 72.8 Å². The second-order valence-electron chi connectivity index (χ2n) is 11.8. The molecule has 1 saturated heterocycles. The number of piperazine rings is 1. The van der Waals surface area contributed by atoms with Crippen LogP contribution in [0.5, 0.6) is 5.75 Å². The van der Waals surface area contributed by atoms with Gasteiger partial charge in [0.1, 0.15) is 17.8 Å². The summed E-state index contributed by atoms with van der Waals surface area (Å²) in [6.07, 6.45) is 3.17. The van der Waals surface area contributed by atoms with Gasteiger partial charge in [0.15, 0.2) is 0 Å². The normalized spacial score (nSPS) is 15.6. The SMILES string of the molecule is C[C@H](O)[C@@H](NC(=O)[C@@H](N)Cc1ccc(O)cc1)C(=O)NCC(=O)N[C@@H](Cc1ccccc1)C(=O)N1CCN(/C=C/c2ccccc2)CC1. The molecule has 4 amide bonds. The van der Waals surface area contributed by atoms with Gasteiger partial charge in [-0.2, -0.15) is 0 Å². The van der Waals surface area contributed by atoms with Crippen molar-refractivity contribution in [3.63, 3.8) is 0 Å². The number of hydrogen-bond donors (Lipinski definition) is 6. The van der Waals surface area contributed by atoms with Crippen LogP contribution >= 0.6 is 0 Å². The maximum atomic E-state index is 13.7. The summed E-state index contributed by atoms with van der Waals surface area (Å²) in [6.45, 7) is 3.11. The average molecular weight is 657 g/mol. The van der Waals surface area contributed by atoms with E-state index >= 15 is 0 Å². The number of aliphatic hydroxyl groups is 1. The van der Waals surface area contributed by atoms with Crippen molar-refractivity contribution in [2.45, 2.75) is 44.0 Å². The smallest absolute Gasteiger partial charge is 0.245 e. The summed E-state index contributed by atoms with van der Waals surface area (Å²) in [5.41, 5.74) is 8.67. The standard InChI is InChI=1S/C36H44N6O6/c1-25(43)33(40-34(46)30(37)22-28-12-14-29(44)15-13-28)35(47)38-24-32(45)39-31(23-27-10-6-3-7-11-27)36(48)42-20-18-41(19-21-42)17-16-26-8-4-2-5-9-26/h2-17,25,30-31,33,43-44H,18-24,37H2,1H3,(H,38,47)(H,39,45)(H,40,46)/b17-16+/t25-,30-,31-,33+/m0/s1. The zero-order valence-corrected chi connectivity index (χ0v) is 27.0. The minimum atomic E-state index is -1.37. The number of nitrogens with zero attached hydrogens (tertiary/aromatic N) is 2. The first-order chi connectivity index (χ1) is 23.1. The Bertz CT molecular complexity index is 1530. The van der Waals surface area contributed by atoms with Crippen LogP contribution in [0.3, 0.4) is 0 Å². The van der Waals surface area contributed by atoms with Crippen LogP contribution in [0.1, 0.15) is 23.6 Å². The van der Waals surface area contributed by atoms with Gasteiger partial charge in [0.2, 0.25) is 23.6 Å². The number of rotatable bonds is 14. The van der Waals surface area contributed by atoms with Crippen LogP contribution in [-0.4, -0.2) is 101 Å². The van der Waals surface area contributed by atoms with Crippen molar-refractivity contribution in [1.82, 2.24) is 25.8 Å². The molecular weight excluding hydrogens is 612 g/mol. The molecule has 0 saturated carbocycles. The molecule has 0 bridgehead atoms. The number of hydrogen-bond acceptors (Lipinski definition) is 8. The minimum absolute atomic E-state index is 0.0769. The highest BCUT2D eigenvalue weighted by Crippen LogP contribution is 2.12. The van der Waals surface area contributed by atoms with Crippen molar-refractivity contribution in [3.8, 4) is 5.75 Å². The Morgan fingerprint density at radius 3 is 2.04 bits per heavy atom. The topological polar surface area (TPSA) is 177 Å². The van der Waals surface area contributed by atoms with Crippen molar-refractivity contribution in [1.29, 1.82) is 0 Å². The van der Waals surface area contributed by atoms with Gasteiger partial charge in [-0.25, -0.2) is 0 Å². The lowest BCUT2D eigenvalue weighted by atomic mass is 10.0. The highest BCUT2D eigenvalue weighted by molar-refractivity contribution is 5.93. The van der Waals surface area contributed by atoms with Crippen molar-refractivity contribution < 1.29 is 29.4 Å². The summed E-state index contributed by atoms with van der Waals surface area (Å²) < 4.78 is 0. The molecule has 1 heterocycles. The van der Waals surface area contributed by atoms with Crippen LogP contribution in [-0.2, 0) is 32.0 Å². The lowest BCUT2D eigenvalue weighted by molar-refractivity contribution is -0.138. The summed E-state index contributed by atoms with van der Waals surface area (Å²) in [4.78, 5) is 56.3. The number of carbonyl (C=O) groups is 4. The molecule has 12 nitrogen and oxygen atoms in total. The van der Waals surface area contributed by atoms with Crippen molar-refractivity contribution in [2.24, 2.45) is 5.73 Å². The molecule has 4 atom stereocenters. The molecule has 254 valence electrons. The lowest BCUT2D eigenvalue weighted by Gasteiger charge is -2.36. The number of carbonyl (C=O) groups excluding carboxylic acids is 4. The van der Waals surface area contributed by atoms with Gasteiger partial charge in [-0.3, -0.25) is 19.2 Å². The van der Waals surface area contributed by atoms with Gasteiger partial charge in [0, 0.05) is 32.6 Å². The summed E-state index contributed by atoms with van der Waals surface area (Å²) in [5.74, 6) is -2.19. The Morgan fingerprint density at radius 1 is 0.812 bits per heavy atom. The fourth-order valence-corrected chi connectivity index (χ4v) is 5.28. The van der Waals surface area contributed by atoms with Gasteiger partial charge in [0.25, 0.3) is 0 Å². The molecule has 4 rings (SSSR count). The van der Waals surface area contributed by atoms with Crippen LogP contribution in [0, 0.1) is 0 Å². The quantitative estimate of drug-likeness (QED) is 0.148. The number of amides is 4. The van der Waals surface area contributed by atoms with Gasteiger partial charge in [0.05, 0.1) is 18.7 Å². The molecule has 1 fully saturated rings. The first-order valence-corrected chi connectivity index (χ1v) is 16.0. The monoisotopic (exact) mass is 656 g/mol. The maximum Gasteiger partial charge on any atom is 0.245 e. The molecule has 1 aliphatic rings. The van der Waals surface area contributed by atoms with E-state index in [4.69, 9.17) is 5.73 Å². The molecule has 3 aromatic carbocycles. The molecule has 1 aliphatic heterocycles. The van der Waals surface area contributed by atoms with E-state index in [0.29, 0.717) is 31.7 Å². The number of aliphatic hydroxyl groups excluding tert-OH is 1.